The summed E-state index contributed by atoms with van der Waals surface area (Å²) in [7, 11) is 0. The SMILES string of the molecule is CC(C)CNC(=O)c1ccccc1NC(=O)CN(Cc1ccc(C#N)cc1)C(C)C. The van der Waals surface area contributed by atoms with Gasteiger partial charge in [-0.3, -0.25) is 14.5 Å². The second-order valence-electron chi connectivity index (χ2n) is 8.01. The number of nitriles is 1. The van der Waals surface area contributed by atoms with Crippen LogP contribution in [-0.4, -0.2) is 35.8 Å². The van der Waals surface area contributed by atoms with E-state index in [2.05, 4.69) is 16.7 Å². The minimum atomic E-state index is -0.196. The molecule has 0 saturated heterocycles. The largest absolute Gasteiger partial charge is 0.352 e. The Morgan fingerprint density at radius 2 is 1.70 bits per heavy atom. The smallest absolute Gasteiger partial charge is 0.253 e. The van der Waals surface area contributed by atoms with Crippen LogP contribution in [0.2, 0.25) is 0 Å². The molecule has 0 spiro atoms. The molecule has 0 unspecified atom stereocenters. The van der Waals surface area contributed by atoms with Crippen LogP contribution in [0.25, 0.3) is 0 Å². The van der Waals surface area contributed by atoms with E-state index in [1.165, 1.54) is 0 Å². The van der Waals surface area contributed by atoms with E-state index in [1.807, 2.05) is 44.7 Å². The van der Waals surface area contributed by atoms with Crippen molar-refractivity contribution in [3.8, 4) is 6.07 Å². The van der Waals surface area contributed by atoms with Crippen LogP contribution in [-0.2, 0) is 11.3 Å². The second kappa shape index (κ2) is 11.1. The number of anilines is 1. The van der Waals surface area contributed by atoms with Gasteiger partial charge in [0, 0.05) is 19.1 Å². The minimum Gasteiger partial charge on any atom is -0.352 e. The van der Waals surface area contributed by atoms with Crippen LogP contribution in [0, 0.1) is 17.2 Å². The number of benzene rings is 2. The number of hydrogen-bond donors (Lipinski definition) is 2. The minimum absolute atomic E-state index is 0.149. The van der Waals surface area contributed by atoms with Gasteiger partial charge < -0.3 is 10.6 Å². The van der Waals surface area contributed by atoms with Gasteiger partial charge in [0.2, 0.25) is 5.91 Å². The number of amides is 2. The van der Waals surface area contributed by atoms with E-state index in [9.17, 15) is 9.59 Å². The number of rotatable bonds is 9. The molecular formula is C24H30N4O2. The molecule has 0 fully saturated rings. The lowest BCUT2D eigenvalue weighted by molar-refractivity contribution is -0.117. The van der Waals surface area contributed by atoms with E-state index < -0.39 is 0 Å². The first-order valence-corrected chi connectivity index (χ1v) is 10.2. The Balaban J connectivity index is 2.05. The quantitative estimate of drug-likeness (QED) is 0.663. The van der Waals surface area contributed by atoms with Gasteiger partial charge in [-0.2, -0.15) is 5.26 Å². The summed E-state index contributed by atoms with van der Waals surface area (Å²) >= 11 is 0. The monoisotopic (exact) mass is 406 g/mol. The average Bonchev–Trinajstić information content (AvgIpc) is 2.72. The zero-order chi connectivity index (χ0) is 22.1. The zero-order valence-electron chi connectivity index (χ0n) is 18.1. The molecule has 0 radical (unpaired) electrons. The van der Waals surface area contributed by atoms with Crippen LogP contribution < -0.4 is 10.6 Å². The summed E-state index contributed by atoms with van der Waals surface area (Å²) < 4.78 is 0. The summed E-state index contributed by atoms with van der Waals surface area (Å²) in [6, 6.07) is 16.6. The van der Waals surface area contributed by atoms with Crippen molar-refractivity contribution < 1.29 is 9.59 Å². The molecule has 6 nitrogen and oxygen atoms in total. The van der Waals surface area contributed by atoms with Crippen LogP contribution in [0.1, 0.15) is 49.2 Å². The fourth-order valence-electron chi connectivity index (χ4n) is 2.90. The van der Waals surface area contributed by atoms with E-state index in [0.717, 1.165) is 5.56 Å². The molecule has 2 aromatic rings. The molecule has 2 rings (SSSR count). The maximum atomic E-state index is 12.7. The standard InChI is InChI=1S/C24H30N4O2/c1-17(2)14-26-24(30)21-7-5-6-8-22(21)27-23(29)16-28(18(3)4)15-20-11-9-19(13-25)10-12-20/h5-12,17-18H,14-16H2,1-4H3,(H,26,30)(H,27,29). The third-order valence-corrected chi connectivity index (χ3v) is 4.66. The Morgan fingerprint density at radius 1 is 1.03 bits per heavy atom. The normalized spacial score (nSPS) is 10.9. The Hall–Kier alpha value is -3.17. The van der Waals surface area contributed by atoms with Gasteiger partial charge in [0.05, 0.1) is 29.4 Å². The third kappa shape index (κ3) is 7.02. The highest BCUT2D eigenvalue weighted by molar-refractivity contribution is 6.04. The van der Waals surface area contributed by atoms with E-state index >= 15 is 0 Å². The summed E-state index contributed by atoms with van der Waals surface area (Å²) in [4.78, 5) is 27.3. The van der Waals surface area contributed by atoms with Gasteiger partial charge in [0.1, 0.15) is 0 Å². The van der Waals surface area contributed by atoms with Gasteiger partial charge in [0.15, 0.2) is 0 Å². The molecule has 158 valence electrons. The van der Waals surface area contributed by atoms with Crippen LogP contribution in [0.3, 0.4) is 0 Å². The Bertz CT molecular complexity index is 898. The number of nitrogens with one attached hydrogen (secondary N) is 2. The van der Waals surface area contributed by atoms with Gasteiger partial charge in [0.25, 0.3) is 5.91 Å². The number of para-hydroxylation sites is 1. The number of hydrogen-bond acceptors (Lipinski definition) is 4. The molecule has 2 amide bonds. The molecule has 2 N–H and O–H groups in total. The summed E-state index contributed by atoms with van der Waals surface area (Å²) in [6.07, 6.45) is 0. The lowest BCUT2D eigenvalue weighted by Gasteiger charge is -2.26. The fraction of sp³-hybridized carbons (Fsp3) is 0.375. The third-order valence-electron chi connectivity index (χ3n) is 4.66. The van der Waals surface area contributed by atoms with Crippen molar-refractivity contribution in [1.82, 2.24) is 10.2 Å². The van der Waals surface area contributed by atoms with E-state index in [-0.39, 0.29) is 24.4 Å². The molecule has 0 aromatic heterocycles. The molecule has 0 aliphatic rings. The lowest BCUT2D eigenvalue weighted by Crippen LogP contribution is -2.38. The lowest BCUT2D eigenvalue weighted by atomic mass is 10.1. The van der Waals surface area contributed by atoms with Crippen molar-refractivity contribution in [2.45, 2.75) is 40.3 Å². The van der Waals surface area contributed by atoms with Gasteiger partial charge in [-0.25, -0.2) is 0 Å². The molecule has 0 aliphatic carbocycles. The summed E-state index contributed by atoms with van der Waals surface area (Å²) in [5.74, 6) is -0.0307. The zero-order valence-corrected chi connectivity index (χ0v) is 18.1. The molecule has 0 saturated carbocycles. The number of carbonyl (C=O) groups is 2. The van der Waals surface area contributed by atoms with Crippen LogP contribution in [0.15, 0.2) is 48.5 Å². The van der Waals surface area contributed by atoms with Crippen molar-refractivity contribution in [3.05, 3.63) is 65.2 Å². The average molecular weight is 407 g/mol. The Morgan fingerprint density at radius 3 is 2.30 bits per heavy atom. The van der Waals surface area contributed by atoms with Gasteiger partial charge in [-0.05, 0) is 49.6 Å². The molecule has 30 heavy (non-hydrogen) atoms. The number of nitrogens with zero attached hydrogens (tertiary/aromatic N) is 2. The van der Waals surface area contributed by atoms with E-state index in [0.29, 0.717) is 35.8 Å². The summed E-state index contributed by atoms with van der Waals surface area (Å²) in [5.41, 5.74) is 2.60. The van der Waals surface area contributed by atoms with Gasteiger partial charge in [-0.1, -0.05) is 38.1 Å². The van der Waals surface area contributed by atoms with Crippen LogP contribution in [0.4, 0.5) is 5.69 Å². The van der Waals surface area contributed by atoms with Crippen molar-refractivity contribution in [1.29, 1.82) is 5.26 Å². The first kappa shape index (κ1) is 23.1. The molecule has 2 aromatic carbocycles. The van der Waals surface area contributed by atoms with Crippen molar-refractivity contribution in [2.75, 3.05) is 18.4 Å². The van der Waals surface area contributed by atoms with Crippen molar-refractivity contribution in [3.63, 3.8) is 0 Å². The van der Waals surface area contributed by atoms with Crippen molar-refractivity contribution >= 4 is 17.5 Å². The summed E-state index contributed by atoms with van der Waals surface area (Å²) in [5, 5.41) is 14.7. The molecule has 0 heterocycles. The first-order valence-electron chi connectivity index (χ1n) is 10.2. The highest BCUT2D eigenvalue weighted by Gasteiger charge is 2.17. The molecule has 0 bridgehead atoms. The van der Waals surface area contributed by atoms with Gasteiger partial charge >= 0.3 is 0 Å². The predicted molar refractivity (Wildman–Crippen MR) is 119 cm³/mol. The summed E-state index contributed by atoms with van der Waals surface area (Å²) in [6.45, 7) is 9.48. The fourth-order valence-corrected chi connectivity index (χ4v) is 2.90. The van der Waals surface area contributed by atoms with Crippen molar-refractivity contribution in [2.24, 2.45) is 5.92 Å². The van der Waals surface area contributed by atoms with Gasteiger partial charge in [-0.15, -0.1) is 0 Å². The maximum absolute atomic E-state index is 12.7. The predicted octanol–water partition coefficient (Wildman–Crippen LogP) is 3.79. The highest BCUT2D eigenvalue weighted by atomic mass is 16.2. The maximum Gasteiger partial charge on any atom is 0.253 e. The van der Waals surface area contributed by atoms with E-state index in [1.54, 1.807) is 36.4 Å². The van der Waals surface area contributed by atoms with Crippen LogP contribution >= 0.6 is 0 Å². The molecule has 6 heteroatoms. The van der Waals surface area contributed by atoms with E-state index in [4.69, 9.17) is 5.26 Å². The second-order valence-corrected chi connectivity index (χ2v) is 8.01. The Labute approximate surface area is 178 Å². The number of carbonyl (C=O) groups excluding carboxylic acids is 2. The molecule has 0 aliphatic heterocycles. The topological polar surface area (TPSA) is 85.2 Å². The van der Waals surface area contributed by atoms with Crippen LogP contribution in [0.5, 0.6) is 0 Å². The Kier molecular flexibility index (Phi) is 8.57. The highest BCUT2D eigenvalue weighted by Crippen LogP contribution is 2.16. The molecule has 0 atom stereocenters. The molecular weight excluding hydrogens is 376 g/mol. The first-order chi connectivity index (χ1) is 14.3.